The van der Waals surface area contributed by atoms with Gasteiger partial charge in [-0.1, -0.05) is 12.7 Å². The van der Waals surface area contributed by atoms with Crippen LogP contribution in [-0.2, 0) is 0 Å². The van der Waals surface area contributed by atoms with Crippen molar-refractivity contribution in [3.05, 3.63) is 40.5 Å². The maximum Gasteiger partial charge on any atom is 0.271 e. The van der Waals surface area contributed by atoms with Crippen molar-refractivity contribution >= 4 is 17.5 Å². The molecule has 0 saturated carbocycles. The number of rotatable bonds is 3. The minimum absolute atomic E-state index is 0.0787. The van der Waals surface area contributed by atoms with Crippen LogP contribution in [0.15, 0.2) is 24.8 Å². The molecule has 0 aliphatic rings. The van der Waals surface area contributed by atoms with Gasteiger partial charge in [0.1, 0.15) is 0 Å². The summed E-state index contributed by atoms with van der Waals surface area (Å²) >= 11 is 0. The molecule has 0 aromatic heterocycles. The molecule has 0 aliphatic heterocycles. The smallest absolute Gasteiger partial charge is 0.271 e. The molecule has 4 nitrogen and oxygen atoms in total. The Morgan fingerprint density at radius 2 is 2.31 bits per heavy atom. The van der Waals surface area contributed by atoms with Crippen LogP contribution in [0.3, 0.4) is 0 Å². The number of benzene rings is 1. The summed E-state index contributed by atoms with van der Waals surface area (Å²) in [5.41, 5.74) is 1.65. The first-order valence-corrected chi connectivity index (χ1v) is 3.77. The number of nitrogens with one attached hydrogen (secondary N) is 1. The first-order valence-electron chi connectivity index (χ1n) is 3.77. The van der Waals surface area contributed by atoms with Crippen LogP contribution in [0.25, 0.3) is 6.08 Å². The second-order valence-corrected chi connectivity index (χ2v) is 2.48. The predicted octanol–water partition coefficient (Wildman–Crippen LogP) is 2.28. The van der Waals surface area contributed by atoms with Crippen molar-refractivity contribution in [2.24, 2.45) is 0 Å². The van der Waals surface area contributed by atoms with Gasteiger partial charge >= 0.3 is 0 Å². The Hall–Kier alpha value is -1.84. The maximum atomic E-state index is 10.4. The Labute approximate surface area is 76.0 Å². The Kier molecular flexibility index (Phi) is 2.64. The minimum atomic E-state index is -0.423. The zero-order valence-electron chi connectivity index (χ0n) is 7.28. The number of non-ortho nitro benzene ring substituents is 1. The summed E-state index contributed by atoms with van der Waals surface area (Å²) in [6.45, 7) is 3.60. The summed E-state index contributed by atoms with van der Waals surface area (Å²) in [7, 11) is 1.71. The van der Waals surface area contributed by atoms with E-state index >= 15 is 0 Å². The number of hydrogen-bond acceptors (Lipinski definition) is 3. The lowest BCUT2D eigenvalue weighted by atomic mass is 10.1. The summed E-state index contributed by atoms with van der Waals surface area (Å²) in [6, 6.07) is 4.60. The Bertz CT molecular complexity index is 347. The molecule has 0 aliphatic carbocycles. The highest BCUT2D eigenvalue weighted by Crippen LogP contribution is 2.22. The van der Waals surface area contributed by atoms with Gasteiger partial charge in [-0.15, -0.1) is 0 Å². The lowest BCUT2D eigenvalue weighted by Crippen LogP contribution is -1.94. The molecule has 13 heavy (non-hydrogen) atoms. The normalized spacial score (nSPS) is 9.31. The Morgan fingerprint density at radius 1 is 1.62 bits per heavy atom. The van der Waals surface area contributed by atoms with Gasteiger partial charge in [0.05, 0.1) is 4.92 Å². The molecular formula is C9H10N2O2. The van der Waals surface area contributed by atoms with Gasteiger partial charge in [-0.3, -0.25) is 10.1 Å². The molecule has 0 unspecified atom stereocenters. The fraction of sp³-hybridized carbons (Fsp3) is 0.111. The third-order valence-corrected chi connectivity index (χ3v) is 1.74. The third-order valence-electron chi connectivity index (χ3n) is 1.74. The summed E-state index contributed by atoms with van der Waals surface area (Å²) in [6.07, 6.45) is 1.65. The molecule has 68 valence electrons. The molecule has 0 spiro atoms. The van der Waals surface area contributed by atoms with Crippen molar-refractivity contribution in [2.75, 3.05) is 12.4 Å². The second-order valence-electron chi connectivity index (χ2n) is 2.48. The van der Waals surface area contributed by atoms with Crippen LogP contribution in [0.1, 0.15) is 5.56 Å². The standard InChI is InChI=1S/C9H10N2O2/c1-3-7-4-5-8(11(12)13)6-9(7)10-2/h3-6,10H,1H2,2H3. The quantitative estimate of drug-likeness (QED) is 0.570. The Balaban J connectivity index is 3.20. The average molecular weight is 178 g/mol. The molecule has 4 heteroatoms. The fourth-order valence-corrected chi connectivity index (χ4v) is 1.05. The number of anilines is 1. The van der Waals surface area contributed by atoms with Crippen molar-refractivity contribution in [3.8, 4) is 0 Å². The monoisotopic (exact) mass is 178 g/mol. The van der Waals surface area contributed by atoms with E-state index in [0.29, 0.717) is 5.69 Å². The summed E-state index contributed by atoms with van der Waals surface area (Å²) < 4.78 is 0. The van der Waals surface area contributed by atoms with Gasteiger partial charge in [0, 0.05) is 24.9 Å². The van der Waals surface area contributed by atoms with E-state index in [2.05, 4.69) is 11.9 Å². The first-order chi connectivity index (χ1) is 6.19. The molecule has 0 radical (unpaired) electrons. The van der Waals surface area contributed by atoms with Gasteiger partial charge in [-0.05, 0) is 11.6 Å². The molecule has 0 amide bonds. The van der Waals surface area contributed by atoms with Crippen molar-refractivity contribution in [1.82, 2.24) is 0 Å². The average Bonchev–Trinajstić information content (AvgIpc) is 2.16. The van der Waals surface area contributed by atoms with E-state index in [1.165, 1.54) is 12.1 Å². The lowest BCUT2D eigenvalue weighted by molar-refractivity contribution is -0.384. The molecule has 0 saturated heterocycles. The maximum absolute atomic E-state index is 10.4. The van der Waals surface area contributed by atoms with Crippen LogP contribution >= 0.6 is 0 Å². The van der Waals surface area contributed by atoms with E-state index in [1.54, 1.807) is 19.2 Å². The minimum Gasteiger partial charge on any atom is -0.387 e. The summed E-state index contributed by atoms with van der Waals surface area (Å²) in [4.78, 5) is 10.00. The van der Waals surface area contributed by atoms with Crippen LogP contribution < -0.4 is 5.32 Å². The number of nitro groups is 1. The highest BCUT2D eigenvalue weighted by Gasteiger charge is 2.07. The highest BCUT2D eigenvalue weighted by atomic mass is 16.6. The van der Waals surface area contributed by atoms with Crippen molar-refractivity contribution < 1.29 is 4.92 Å². The van der Waals surface area contributed by atoms with Crippen molar-refractivity contribution in [1.29, 1.82) is 0 Å². The number of nitrogens with zero attached hydrogens (tertiary/aromatic N) is 1. The van der Waals surface area contributed by atoms with E-state index in [4.69, 9.17) is 0 Å². The van der Waals surface area contributed by atoms with E-state index in [-0.39, 0.29) is 5.69 Å². The van der Waals surface area contributed by atoms with Crippen LogP contribution in [0, 0.1) is 10.1 Å². The number of hydrogen-bond donors (Lipinski definition) is 1. The molecule has 0 atom stereocenters. The predicted molar refractivity (Wildman–Crippen MR) is 52.7 cm³/mol. The highest BCUT2D eigenvalue weighted by molar-refractivity contribution is 5.68. The van der Waals surface area contributed by atoms with E-state index in [9.17, 15) is 10.1 Å². The second kappa shape index (κ2) is 3.71. The van der Waals surface area contributed by atoms with Gasteiger partial charge in [0.15, 0.2) is 0 Å². The van der Waals surface area contributed by atoms with Crippen LogP contribution in [0.2, 0.25) is 0 Å². The largest absolute Gasteiger partial charge is 0.387 e. The molecule has 1 aromatic carbocycles. The molecule has 1 N–H and O–H groups in total. The van der Waals surface area contributed by atoms with Crippen LogP contribution in [0.4, 0.5) is 11.4 Å². The molecule has 0 bridgehead atoms. The topological polar surface area (TPSA) is 55.2 Å². The summed E-state index contributed by atoms with van der Waals surface area (Å²) in [5, 5.41) is 13.3. The van der Waals surface area contributed by atoms with Crippen LogP contribution in [-0.4, -0.2) is 12.0 Å². The fourth-order valence-electron chi connectivity index (χ4n) is 1.05. The van der Waals surface area contributed by atoms with Crippen molar-refractivity contribution in [3.63, 3.8) is 0 Å². The molecule has 1 rings (SSSR count). The molecule has 1 aromatic rings. The lowest BCUT2D eigenvalue weighted by Gasteiger charge is -2.03. The van der Waals surface area contributed by atoms with Gasteiger partial charge < -0.3 is 5.32 Å². The zero-order chi connectivity index (χ0) is 9.84. The van der Waals surface area contributed by atoms with Crippen LogP contribution in [0.5, 0.6) is 0 Å². The Morgan fingerprint density at radius 3 is 2.77 bits per heavy atom. The molecule has 0 fully saturated rings. The number of nitro benzene ring substituents is 1. The summed E-state index contributed by atoms with van der Waals surface area (Å²) in [5.74, 6) is 0. The van der Waals surface area contributed by atoms with Gasteiger partial charge in [0.25, 0.3) is 5.69 Å². The van der Waals surface area contributed by atoms with E-state index in [1.807, 2.05) is 0 Å². The SMILES string of the molecule is C=Cc1ccc([N+](=O)[O-])cc1NC. The van der Waals surface area contributed by atoms with Gasteiger partial charge in [0.2, 0.25) is 0 Å². The van der Waals surface area contributed by atoms with E-state index < -0.39 is 4.92 Å². The third kappa shape index (κ3) is 1.84. The molecular weight excluding hydrogens is 168 g/mol. The first kappa shape index (κ1) is 9.25. The van der Waals surface area contributed by atoms with E-state index in [0.717, 1.165) is 5.56 Å². The zero-order valence-corrected chi connectivity index (χ0v) is 7.28. The van der Waals surface area contributed by atoms with Crippen molar-refractivity contribution in [2.45, 2.75) is 0 Å². The van der Waals surface area contributed by atoms with Gasteiger partial charge in [-0.2, -0.15) is 0 Å². The van der Waals surface area contributed by atoms with Gasteiger partial charge in [-0.25, -0.2) is 0 Å². The molecule has 0 heterocycles.